The summed E-state index contributed by atoms with van der Waals surface area (Å²) in [6.07, 6.45) is -4.37. The Hall–Kier alpha value is -3.41. The van der Waals surface area contributed by atoms with E-state index in [9.17, 15) is 22.4 Å². The summed E-state index contributed by atoms with van der Waals surface area (Å²) in [4.78, 5) is 21.5. The Morgan fingerprint density at radius 2 is 2.07 bits per heavy atom. The van der Waals surface area contributed by atoms with E-state index < -0.39 is 30.2 Å². The Morgan fingerprint density at radius 1 is 1.34 bits per heavy atom. The lowest BCUT2D eigenvalue weighted by molar-refractivity contribution is -0.275. The average Bonchev–Trinajstić information content (AvgIpc) is 3.06. The van der Waals surface area contributed by atoms with Gasteiger partial charge in [0.25, 0.3) is 0 Å². The van der Waals surface area contributed by atoms with Crippen LogP contribution in [0.3, 0.4) is 0 Å². The smallest absolute Gasteiger partial charge is 0.403 e. The van der Waals surface area contributed by atoms with Gasteiger partial charge in [0, 0.05) is 6.20 Å². The van der Waals surface area contributed by atoms with Crippen molar-refractivity contribution in [2.45, 2.75) is 19.5 Å². The minimum atomic E-state index is -5.02. The van der Waals surface area contributed by atoms with Crippen molar-refractivity contribution in [3.63, 3.8) is 0 Å². The second-order valence-electron chi connectivity index (χ2n) is 5.94. The Morgan fingerprint density at radius 3 is 2.69 bits per heavy atom. The second kappa shape index (κ2) is 7.91. The molecule has 1 aromatic heterocycles. The lowest BCUT2D eigenvalue weighted by atomic mass is 10.1. The van der Waals surface area contributed by atoms with E-state index in [0.717, 1.165) is 16.7 Å². The molecular weight excluding hydrogens is 398 g/mol. The molecule has 154 valence electrons. The van der Waals surface area contributed by atoms with Gasteiger partial charge in [0.15, 0.2) is 17.8 Å². The molecule has 1 aromatic carbocycles. The fourth-order valence-electron chi connectivity index (χ4n) is 2.50. The summed E-state index contributed by atoms with van der Waals surface area (Å²) in [7, 11) is 0. The molecule has 2 aromatic rings. The van der Waals surface area contributed by atoms with Crippen LogP contribution < -0.4 is 21.0 Å². The number of aliphatic imine (C=N–C) groups is 1. The topological polar surface area (TPSA) is 101 Å². The number of ether oxygens (including phenoxy) is 1. The largest absolute Gasteiger partial charge is 0.573 e. The molecule has 8 nitrogen and oxygen atoms in total. The molecular formula is C17H15F4N5O3. The van der Waals surface area contributed by atoms with Gasteiger partial charge in [-0.1, -0.05) is 6.07 Å². The Labute approximate surface area is 161 Å². The van der Waals surface area contributed by atoms with E-state index in [4.69, 9.17) is 10.2 Å². The van der Waals surface area contributed by atoms with Gasteiger partial charge in [0.05, 0.1) is 6.54 Å². The van der Waals surface area contributed by atoms with E-state index in [0.29, 0.717) is 11.4 Å². The van der Waals surface area contributed by atoms with Crippen molar-refractivity contribution in [1.82, 2.24) is 15.4 Å². The third kappa shape index (κ3) is 5.10. The Bertz CT molecular complexity index is 1020. The lowest BCUT2D eigenvalue weighted by Crippen LogP contribution is -2.39. The van der Waals surface area contributed by atoms with E-state index in [-0.39, 0.29) is 17.6 Å². The predicted molar refractivity (Wildman–Crippen MR) is 92.3 cm³/mol. The number of aromatic nitrogens is 1. The molecule has 0 fully saturated rings. The lowest BCUT2D eigenvalue weighted by Gasteiger charge is -2.13. The number of halogens is 4. The standard InChI is InChI=1S/C17H15F4N5O3/c1-9-24-15(29-25-9)7-23-16(27)26-8-11(3-5-14(26)22)10-2-4-13(12(18)6-10)28-17(19,20)21/h2-6,8,15,22H,7H2,1H3,(H,23,27)(H,24,25). The van der Waals surface area contributed by atoms with Gasteiger partial charge >= 0.3 is 12.4 Å². The fourth-order valence-corrected chi connectivity index (χ4v) is 2.50. The molecule has 0 bridgehead atoms. The average molecular weight is 413 g/mol. The van der Waals surface area contributed by atoms with Crippen LogP contribution in [0.1, 0.15) is 6.92 Å². The molecule has 0 saturated heterocycles. The van der Waals surface area contributed by atoms with Gasteiger partial charge in [-0.25, -0.2) is 19.0 Å². The number of hydrogen-bond donors (Lipinski definition) is 3. The van der Waals surface area contributed by atoms with Crippen molar-refractivity contribution >= 4 is 11.9 Å². The van der Waals surface area contributed by atoms with E-state index in [2.05, 4.69) is 20.5 Å². The van der Waals surface area contributed by atoms with Gasteiger partial charge in [-0.15, -0.1) is 13.2 Å². The quantitative estimate of drug-likeness (QED) is 0.671. The van der Waals surface area contributed by atoms with E-state index in [1.165, 1.54) is 24.4 Å². The number of nitrogens with one attached hydrogen (secondary N) is 3. The van der Waals surface area contributed by atoms with Crippen LogP contribution in [0.4, 0.5) is 22.4 Å². The first-order chi connectivity index (χ1) is 13.6. The number of carbonyl (C=O) groups is 1. The minimum Gasteiger partial charge on any atom is -0.403 e. The summed E-state index contributed by atoms with van der Waals surface area (Å²) in [5.41, 5.74) is 2.88. The molecule has 1 aliphatic rings. The van der Waals surface area contributed by atoms with Crippen molar-refractivity contribution in [3.05, 3.63) is 47.8 Å². The Balaban J connectivity index is 1.79. The zero-order chi connectivity index (χ0) is 21.2. The van der Waals surface area contributed by atoms with Crippen LogP contribution in [0.15, 0.2) is 41.5 Å². The fraction of sp³-hybridized carbons (Fsp3) is 0.235. The molecule has 1 unspecified atom stereocenters. The first-order valence-corrected chi connectivity index (χ1v) is 8.19. The van der Waals surface area contributed by atoms with Crippen molar-refractivity contribution < 1.29 is 31.9 Å². The van der Waals surface area contributed by atoms with Crippen LogP contribution in [0.5, 0.6) is 5.75 Å². The number of hydrogen-bond acceptors (Lipinski definition) is 6. The van der Waals surface area contributed by atoms with Gasteiger partial charge in [-0.05, 0) is 42.3 Å². The maximum Gasteiger partial charge on any atom is 0.573 e. The van der Waals surface area contributed by atoms with E-state index in [1.807, 2.05) is 0 Å². The Kier molecular flexibility index (Phi) is 5.55. The molecule has 1 atom stereocenters. The second-order valence-corrected chi connectivity index (χ2v) is 5.94. The van der Waals surface area contributed by atoms with Crippen molar-refractivity contribution in [2.75, 3.05) is 6.54 Å². The highest BCUT2D eigenvalue weighted by molar-refractivity contribution is 5.80. The number of pyridine rings is 1. The maximum absolute atomic E-state index is 13.9. The summed E-state index contributed by atoms with van der Waals surface area (Å²) < 4.78 is 55.3. The number of nitrogens with zero attached hydrogens (tertiary/aromatic N) is 2. The van der Waals surface area contributed by atoms with Gasteiger partial charge in [-0.2, -0.15) is 0 Å². The molecule has 0 aliphatic carbocycles. The molecule has 29 heavy (non-hydrogen) atoms. The summed E-state index contributed by atoms with van der Waals surface area (Å²) >= 11 is 0. The molecule has 12 heteroatoms. The molecule has 1 aliphatic heterocycles. The molecule has 3 rings (SSSR count). The summed E-state index contributed by atoms with van der Waals surface area (Å²) in [6, 6.07) is 4.96. The summed E-state index contributed by atoms with van der Waals surface area (Å²) in [5, 5.41) is 10.4. The zero-order valence-electron chi connectivity index (χ0n) is 14.9. The normalized spacial score (nSPS) is 16.2. The highest BCUT2D eigenvalue weighted by Gasteiger charge is 2.32. The highest BCUT2D eigenvalue weighted by atomic mass is 19.4. The van der Waals surface area contributed by atoms with Crippen molar-refractivity contribution in [3.8, 4) is 16.9 Å². The van der Waals surface area contributed by atoms with Crippen LogP contribution >= 0.6 is 0 Å². The molecule has 2 heterocycles. The number of amides is 1. The highest BCUT2D eigenvalue weighted by Crippen LogP contribution is 2.29. The first-order valence-electron chi connectivity index (χ1n) is 8.19. The number of rotatable bonds is 4. The third-order valence-electron chi connectivity index (χ3n) is 3.77. The maximum atomic E-state index is 13.9. The number of amidine groups is 1. The first kappa shape index (κ1) is 20.3. The number of benzene rings is 1. The molecule has 0 saturated carbocycles. The molecule has 1 amide bonds. The van der Waals surface area contributed by atoms with Gasteiger partial charge in [0.1, 0.15) is 11.3 Å². The van der Waals surface area contributed by atoms with Crippen LogP contribution in [-0.2, 0) is 4.84 Å². The van der Waals surface area contributed by atoms with Crippen LogP contribution in [0.2, 0.25) is 0 Å². The number of carbonyl (C=O) groups excluding carboxylic acids is 1. The number of alkyl halides is 3. The van der Waals surface area contributed by atoms with Crippen LogP contribution in [-0.4, -0.2) is 35.6 Å². The molecule has 0 spiro atoms. The monoisotopic (exact) mass is 413 g/mol. The van der Waals surface area contributed by atoms with Crippen LogP contribution in [0, 0.1) is 11.2 Å². The van der Waals surface area contributed by atoms with Crippen LogP contribution in [0.25, 0.3) is 11.1 Å². The zero-order valence-corrected chi connectivity index (χ0v) is 14.9. The van der Waals surface area contributed by atoms with Gasteiger partial charge in [-0.3, -0.25) is 15.5 Å². The molecule has 0 radical (unpaired) electrons. The van der Waals surface area contributed by atoms with Gasteiger partial charge in [0.2, 0.25) is 0 Å². The van der Waals surface area contributed by atoms with Crippen molar-refractivity contribution in [2.24, 2.45) is 4.99 Å². The summed E-state index contributed by atoms with van der Waals surface area (Å²) in [6.45, 7) is 1.73. The minimum absolute atomic E-state index is 0.0396. The van der Waals surface area contributed by atoms with Crippen molar-refractivity contribution in [1.29, 1.82) is 5.41 Å². The SMILES string of the molecule is CC1=NC(CNC(=O)n2cc(-c3ccc(OC(F)(F)F)c(F)c3)ccc2=N)ON1. The summed E-state index contributed by atoms with van der Waals surface area (Å²) in [5.74, 6) is -1.63. The third-order valence-corrected chi connectivity index (χ3v) is 3.77. The van der Waals surface area contributed by atoms with E-state index in [1.54, 1.807) is 6.92 Å². The number of hydroxylamine groups is 1. The van der Waals surface area contributed by atoms with E-state index >= 15 is 0 Å². The molecule has 3 N–H and O–H groups in total. The van der Waals surface area contributed by atoms with Gasteiger partial charge < -0.3 is 10.1 Å². The predicted octanol–water partition coefficient (Wildman–Crippen LogP) is 2.51.